The molecule has 9 nitrogen and oxygen atoms in total. The van der Waals surface area contributed by atoms with Crippen molar-refractivity contribution < 1.29 is 32.9 Å². The average molecular weight is 639 g/mol. The minimum absolute atomic E-state index is 0.507. The van der Waals surface area contributed by atoms with Gasteiger partial charge in [-0.1, -0.05) is 17.3 Å². The summed E-state index contributed by atoms with van der Waals surface area (Å²) in [4.78, 5) is 4.73. The Morgan fingerprint density at radius 1 is 0.630 bits per heavy atom. The van der Waals surface area contributed by atoms with Crippen molar-refractivity contribution in [2.45, 2.75) is 12.8 Å². The largest absolute Gasteiger partial charge is 0.494 e. The molecule has 0 atom stereocenters. The van der Waals surface area contributed by atoms with Gasteiger partial charge in [-0.05, 0) is 79.6 Å². The summed E-state index contributed by atoms with van der Waals surface area (Å²) >= 11 is 1.69. The zero-order valence-electron chi connectivity index (χ0n) is 26.1. The number of aromatic nitrogens is 2. The van der Waals surface area contributed by atoms with Crippen LogP contribution in [0.5, 0.6) is 34.5 Å². The zero-order valence-corrected chi connectivity index (χ0v) is 26.9. The van der Waals surface area contributed by atoms with Crippen molar-refractivity contribution >= 4 is 21.6 Å². The first-order valence-corrected chi connectivity index (χ1v) is 15.6. The molecule has 46 heavy (non-hydrogen) atoms. The van der Waals surface area contributed by atoms with Crippen molar-refractivity contribution in [3.05, 3.63) is 84.9 Å². The molecule has 0 amide bonds. The molecule has 0 aliphatic carbocycles. The Labute approximate surface area is 271 Å². The second kappa shape index (κ2) is 14.3. The summed E-state index contributed by atoms with van der Waals surface area (Å²) in [5, 5.41) is 5.28. The van der Waals surface area contributed by atoms with Crippen LogP contribution in [0.3, 0.4) is 0 Å². The summed E-state index contributed by atoms with van der Waals surface area (Å²) in [6.07, 6.45) is 1.65. The maximum atomic E-state index is 6.11. The zero-order chi connectivity index (χ0) is 31.9. The van der Waals surface area contributed by atoms with Gasteiger partial charge in [-0.25, -0.2) is 4.98 Å². The Morgan fingerprint density at radius 3 is 2.00 bits per heavy atom. The number of thiazole rings is 1. The van der Waals surface area contributed by atoms with Crippen LogP contribution in [0.15, 0.2) is 89.5 Å². The number of hydrogen-bond donors (Lipinski definition) is 0. The topological polar surface area (TPSA) is 94.3 Å². The number of methoxy groups -OCH3 is 4. The van der Waals surface area contributed by atoms with Crippen molar-refractivity contribution in [3.8, 4) is 67.6 Å². The number of unbranched alkanes of at least 4 members (excludes halogenated alkanes) is 1. The molecule has 2 aromatic heterocycles. The first kappa shape index (κ1) is 30.8. The minimum Gasteiger partial charge on any atom is -0.494 e. The third-order valence-electron chi connectivity index (χ3n) is 7.38. The van der Waals surface area contributed by atoms with Crippen LogP contribution in [0.1, 0.15) is 12.8 Å². The number of nitrogens with zero attached hydrogens (tertiary/aromatic N) is 2. The van der Waals surface area contributed by atoms with E-state index in [0.717, 1.165) is 45.8 Å². The van der Waals surface area contributed by atoms with E-state index in [9.17, 15) is 0 Å². The third kappa shape index (κ3) is 6.72. The molecule has 0 bridgehead atoms. The standard InChI is InChI=1S/C36H34N2O7S/c1-39-29-16-13-24(30-22-28(38-45-30)25-20-32(40-2)35(42-4)33(21-25)41-3)19-31(29)44-18-8-7-17-43-26-14-11-23(12-15-26)36-37-27-9-5-6-10-34(27)46-36/h5-6,9-16,19-22H,7-8,17-18H2,1-4H3. The highest BCUT2D eigenvalue weighted by Crippen LogP contribution is 2.42. The lowest BCUT2D eigenvalue weighted by Gasteiger charge is -2.13. The van der Waals surface area contributed by atoms with E-state index in [1.807, 2.05) is 66.7 Å². The molecule has 2 heterocycles. The molecule has 0 aliphatic rings. The van der Waals surface area contributed by atoms with Gasteiger partial charge in [-0.2, -0.15) is 0 Å². The number of benzene rings is 4. The molecule has 236 valence electrons. The molecule has 0 saturated heterocycles. The second-order valence-electron chi connectivity index (χ2n) is 10.3. The summed E-state index contributed by atoms with van der Waals surface area (Å²) in [7, 11) is 6.34. The van der Waals surface area contributed by atoms with E-state index >= 15 is 0 Å². The van der Waals surface area contributed by atoms with Crippen LogP contribution in [-0.4, -0.2) is 51.8 Å². The van der Waals surface area contributed by atoms with Crippen molar-refractivity contribution in [1.29, 1.82) is 0 Å². The van der Waals surface area contributed by atoms with Gasteiger partial charge in [0, 0.05) is 22.8 Å². The van der Waals surface area contributed by atoms with Crippen LogP contribution in [0.25, 0.3) is 43.4 Å². The van der Waals surface area contributed by atoms with Gasteiger partial charge in [-0.3, -0.25) is 0 Å². The first-order valence-electron chi connectivity index (χ1n) is 14.8. The Bertz CT molecular complexity index is 1860. The SMILES string of the molecule is COc1ccc(-c2cc(-c3cc(OC)c(OC)c(OC)c3)no2)cc1OCCCCOc1ccc(-c2nc3ccccc3s2)cc1. The van der Waals surface area contributed by atoms with Crippen LogP contribution >= 0.6 is 11.3 Å². The van der Waals surface area contributed by atoms with Crippen molar-refractivity contribution in [1.82, 2.24) is 10.1 Å². The fourth-order valence-corrected chi connectivity index (χ4v) is 5.96. The highest BCUT2D eigenvalue weighted by atomic mass is 32.1. The number of para-hydroxylation sites is 1. The van der Waals surface area contributed by atoms with Crippen molar-refractivity contribution in [2.24, 2.45) is 0 Å². The molecule has 10 heteroatoms. The second-order valence-corrected chi connectivity index (χ2v) is 11.3. The van der Waals surface area contributed by atoms with Crippen molar-refractivity contribution in [2.75, 3.05) is 41.7 Å². The summed E-state index contributed by atoms with van der Waals surface area (Å²) in [6.45, 7) is 1.09. The minimum atomic E-state index is 0.507. The molecule has 0 spiro atoms. The van der Waals surface area contributed by atoms with Crippen LogP contribution in [-0.2, 0) is 0 Å². The Balaban J connectivity index is 1.03. The van der Waals surface area contributed by atoms with E-state index in [2.05, 4.69) is 23.4 Å². The molecular weight excluding hydrogens is 604 g/mol. The number of ether oxygens (including phenoxy) is 6. The summed E-state index contributed by atoms with van der Waals surface area (Å²) < 4.78 is 40.9. The quantitative estimate of drug-likeness (QED) is 0.109. The summed E-state index contributed by atoms with van der Waals surface area (Å²) in [5.41, 5.74) is 4.30. The Hall–Kier alpha value is -5.22. The maximum absolute atomic E-state index is 6.11. The van der Waals surface area contributed by atoms with Gasteiger partial charge < -0.3 is 32.9 Å². The van der Waals surface area contributed by atoms with Crippen LogP contribution in [0.4, 0.5) is 0 Å². The van der Waals surface area contributed by atoms with E-state index < -0.39 is 0 Å². The van der Waals surface area contributed by atoms with Gasteiger partial charge in [0.2, 0.25) is 5.75 Å². The fourth-order valence-electron chi connectivity index (χ4n) is 4.98. The maximum Gasteiger partial charge on any atom is 0.203 e. The highest BCUT2D eigenvalue weighted by Gasteiger charge is 2.18. The van der Waals surface area contributed by atoms with Gasteiger partial charge in [0.05, 0.1) is 51.9 Å². The highest BCUT2D eigenvalue weighted by molar-refractivity contribution is 7.21. The lowest BCUT2D eigenvalue weighted by atomic mass is 10.1. The fraction of sp³-hybridized carbons (Fsp3) is 0.222. The third-order valence-corrected chi connectivity index (χ3v) is 8.46. The average Bonchev–Trinajstić information content (AvgIpc) is 3.77. The van der Waals surface area contributed by atoms with Gasteiger partial charge >= 0.3 is 0 Å². The van der Waals surface area contributed by atoms with E-state index in [0.29, 0.717) is 53.4 Å². The van der Waals surface area contributed by atoms with Gasteiger partial charge in [0.25, 0.3) is 0 Å². The van der Waals surface area contributed by atoms with Gasteiger partial charge in [-0.15, -0.1) is 11.3 Å². The molecule has 0 aliphatic heterocycles. The number of rotatable bonds is 14. The van der Waals surface area contributed by atoms with Gasteiger partial charge in [0.15, 0.2) is 28.8 Å². The van der Waals surface area contributed by atoms with Gasteiger partial charge in [0.1, 0.15) is 16.5 Å². The van der Waals surface area contributed by atoms with E-state index in [-0.39, 0.29) is 0 Å². The monoisotopic (exact) mass is 638 g/mol. The predicted molar refractivity (Wildman–Crippen MR) is 179 cm³/mol. The smallest absolute Gasteiger partial charge is 0.203 e. The molecule has 0 unspecified atom stereocenters. The van der Waals surface area contributed by atoms with Crippen molar-refractivity contribution in [3.63, 3.8) is 0 Å². The molecule has 6 aromatic rings. The lowest BCUT2D eigenvalue weighted by molar-refractivity contribution is 0.258. The van der Waals surface area contributed by atoms with Crippen LogP contribution in [0, 0.1) is 0 Å². The number of hydrogen-bond acceptors (Lipinski definition) is 10. The molecule has 0 N–H and O–H groups in total. The molecular formula is C36H34N2O7S. The van der Waals surface area contributed by atoms with Crippen LogP contribution in [0.2, 0.25) is 0 Å². The van der Waals surface area contributed by atoms with E-state index in [4.69, 9.17) is 37.9 Å². The van der Waals surface area contributed by atoms with E-state index in [1.165, 1.54) is 4.70 Å². The summed E-state index contributed by atoms with van der Waals surface area (Å²) in [6, 6.07) is 27.4. The Morgan fingerprint density at radius 2 is 1.30 bits per heavy atom. The number of fused-ring (bicyclic) bond motifs is 1. The van der Waals surface area contributed by atoms with E-state index in [1.54, 1.807) is 39.8 Å². The predicted octanol–water partition coefficient (Wildman–Crippen LogP) is 8.56. The molecule has 0 fully saturated rings. The molecule has 4 aromatic carbocycles. The molecule has 0 saturated carbocycles. The van der Waals surface area contributed by atoms with Crippen LogP contribution < -0.4 is 28.4 Å². The normalized spacial score (nSPS) is 11.0. The molecule has 6 rings (SSSR count). The summed E-state index contributed by atoms with van der Waals surface area (Å²) in [5.74, 6) is 4.25. The Kier molecular flexibility index (Phi) is 9.54. The first-order chi connectivity index (χ1) is 22.6. The lowest BCUT2D eigenvalue weighted by Crippen LogP contribution is -2.03. The molecule has 0 radical (unpaired) electrons.